The van der Waals surface area contributed by atoms with Gasteiger partial charge in [0, 0.05) is 37.6 Å². The molecule has 6 heteroatoms. The van der Waals surface area contributed by atoms with Crippen LogP contribution in [0.1, 0.15) is 38.3 Å². The lowest BCUT2D eigenvalue weighted by Gasteiger charge is -2.06. The second kappa shape index (κ2) is 5.50. The summed E-state index contributed by atoms with van der Waals surface area (Å²) in [7, 11) is -3.35. The van der Waals surface area contributed by atoms with Gasteiger partial charge in [-0.15, -0.1) is 0 Å². The Morgan fingerprint density at radius 3 is 2.65 bits per heavy atom. The molecule has 0 saturated heterocycles. The molecule has 2 fully saturated rings. The molecule has 2 aliphatic carbocycles. The molecular formula is C14H23N3O2S. The maximum absolute atomic E-state index is 12.3. The molecule has 0 bridgehead atoms. The summed E-state index contributed by atoms with van der Waals surface area (Å²) in [5.74, 6) is 0.550. The van der Waals surface area contributed by atoms with Crippen molar-refractivity contribution in [3.05, 3.63) is 18.0 Å². The molecule has 3 rings (SSSR count). The molecule has 0 radical (unpaired) electrons. The van der Waals surface area contributed by atoms with Gasteiger partial charge >= 0.3 is 0 Å². The minimum absolute atomic E-state index is 0.396. The quantitative estimate of drug-likeness (QED) is 0.763. The van der Waals surface area contributed by atoms with Crippen LogP contribution in [-0.2, 0) is 23.1 Å². The zero-order valence-corrected chi connectivity index (χ0v) is 12.7. The number of nitrogens with zero attached hydrogens (tertiary/aromatic N) is 1. The number of sulfonamides is 1. The van der Waals surface area contributed by atoms with E-state index in [1.807, 2.05) is 11.5 Å². The van der Waals surface area contributed by atoms with Crippen molar-refractivity contribution in [1.82, 2.24) is 14.6 Å². The van der Waals surface area contributed by atoms with Crippen molar-refractivity contribution in [2.75, 3.05) is 6.54 Å². The van der Waals surface area contributed by atoms with Crippen molar-refractivity contribution >= 4 is 10.0 Å². The molecular weight excluding hydrogens is 274 g/mol. The predicted octanol–water partition coefficient (Wildman–Crippen LogP) is 1.45. The summed E-state index contributed by atoms with van der Waals surface area (Å²) in [6, 6.07) is 2.43. The van der Waals surface area contributed by atoms with Gasteiger partial charge in [-0.25, -0.2) is 13.1 Å². The van der Waals surface area contributed by atoms with Gasteiger partial charge in [-0.3, -0.25) is 0 Å². The van der Waals surface area contributed by atoms with Gasteiger partial charge in [0.25, 0.3) is 0 Å². The highest BCUT2D eigenvalue weighted by Gasteiger charge is 2.26. The summed E-state index contributed by atoms with van der Waals surface area (Å²) in [4.78, 5) is 0.396. The molecule has 112 valence electrons. The van der Waals surface area contributed by atoms with E-state index in [1.54, 1.807) is 12.3 Å². The van der Waals surface area contributed by atoms with Crippen molar-refractivity contribution in [2.45, 2.75) is 56.6 Å². The zero-order chi connectivity index (χ0) is 14.2. The van der Waals surface area contributed by atoms with E-state index in [9.17, 15) is 8.42 Å². The summed E-state index contributed by atoms with van der Waals surface area (Å²) in [6.07, 6.45) is 6.52. The fourth-order valence-corrected chi connectivity index (χ4v) is 3.46. The Kier molecular flexibility index (Phi) is 3.88. The molecule has 2 aliphatic rings. The van der Waals surface area contributed by atoms with Crippen LogP contribution >= 0.6 is 0 Å². The summed E-state index contributed by atoms with van der Waals surface area (Å²) in [5, 5.41) is 3.44. The second-order valence-corrected chi connectivity index (χ2v) is 7.67. The fourth-order valence-electron chi connectivity index (χ4n) is 2.28. The zero-order valence-electron chi connectivity index (χ0n) is 11.9. The molecule has 1 aromatic rings. The number of aryl methyl sites for hydroxylation is 1. The standard InChI is InChI=1S/C14H23N3O2S/c1-2-17-10-14(7-13(17)9-15-12-5-6-12)20(18,19)16-8-11-3-4-11/h7,10-12,15-16H,2-6,8-9H2,1H3. The van der Waals surface area contributed by atoms with Gasteiger partial charge in [0.05, 0.1) is 4.90 Å². The van der Waals surface area contributed by atoms with E-state index in [-0.39, 0.29) is 0 Å². The van der Waals surface area contributed by atoms with Crippen molar-refractivity contribution < 1.29 is 8.42 Å². The van der Waals surface area contributed by atoms with Crippen LogP contribution in [0.2, 0.25) is 0 Å². The first-order valence-corrected chi connectivity index (χ1v) is 8.99. The summed E-state index contributed by atoms with van der Waals surface area (Å²) < 4.78 is 29.2. The number of hydrogen-bond donors (Lipinski definition) is 2. The van der Waals surface area contributed by atoms with Gasteiger partial charge in [-0.2, -0.15) is 0 Å². The van der Waals surface area contributed by atoms with E-state index in [4.69, 9.17) is 0 Å². The van der Waals surface area contributed by atoms with E-state index in [0.29, 0.717) is 23.4 Å². The Balaban J connectivity index is 1.70. The minimum Gasteiger partial charge on any atom is -0.349 e. The van der Waals surface area contributed by atoms with Gasteiger partial charge in [0.15, 0.2) is 0 Å². The lowest BCUT2D eigenvalue weighted by molar-refractivity contribution is 0.577. The smallest absolute Gasteiger partial charge is 0.242 e. The molecule has 0 aliphatic heterocycles. The molecule has 2 saturated carbocycles. The first kappa shape index (κ1) is 14.1. The molecule has 5 nitrogen and oxygen atoms in total. The molecule has 0 unspecified atom stereocenters. The summed E-state index contributed by atoms with van der Waals surface area (Å²) >= 11 is 0. The van der Waals surface area contributed by atoms with E-state index >= 15 is 0 Å². The average Bonchev–Trinajstić information content (AvgIpc) is 3.33. The molecule has 2 N–H and O–H groups in total. The van der Waals surface area contributed by atoms with Gasteiger partial charge in [-0.05, 0) is 44.6 Å². The predicted molar refractivity (Wildman–Crippen MR) is 77.9 cm³/mol. The average molecular weight is 297 g/mol. The molecule has 1 aromatic heterocycles. The van der Waals surface area contributed by atoms with E-state index in [0.717, 1.165) is 31.6 Å². The summed E-state index contributed by atoms with van der Waals surface area (Å²) in [5.41, 5.74) is 1.05. The molecule has 0 aromatic carbocycles. The first-order valence-electron chi connectivity index (χ1n) is 7.50. The van der Waals surface area contributed by atoms with E-state index < -0.39 is 10.0 Å². The van der Waals surface area contributed by atoms with Crippen LogP contribution < -0.4 is 10.0 Å². The highest BCUT2D eigenvalue weighted by atomic mass is 32.2. The molecule has 0 atom stereocenters. The van der Waals surface area contributed by atoms with E-state index in [2.05, 4.69) is 10.0 Å². The third-order valence-electron chi connectivity index (χ3n) is 4.02. The normalized spacial score (nSPS) is 19.4. The van der Waals surface area contributed by atoms with Crippen LogP contribution in [0.3, 0.4) is 0 Å². The van der Waals surface area contributed by atoms with Crippen LogP contribution in [0.5, 0.6) is 0 Å². The highest BCUT2D eigenvalue weighted by molar-refractivity contribution is 7.89. The number of nitrogens with one attached hydrogen (secondary N) is 2. The lowest BCUT2D eigenvalue weighted by atomic mass is 10.4. The van der Waals surface area contributed by atoms with Crippen LogP contribution in [0, 0.1) is 5.92 Å². The SMILES string of the molecule is CCn1cc(S(=O)(=O)NCC2CC2)cc1CNC1CC1. The first-order chi connectivity index (χ1) is 9.58. The highest BCUT2D eigenvalue weighted by Crippen LogP contribution is 2.28. The van der Waals surface area contributed by atoms with Crippen molar-refractivity contribution in [2.24, 2.45) is 5.92 Å². The van der Waals surface area contributed by atoms with Crippen LogP contribution in [-0.4, -0.2) is 25.6 Å². The Hall–Kier alpha value is -0.850. The Morgan fingerprint density at radius 2 is 2.05 bits per heavy atom. The lowest BCUT2D eigenvalue weighted by Crippen LogP contribution is -2.25. The van der Waals surface area contributed by atoms with Gasteiger partial charge < -0.3 is 9.88 Å². The van der Waals surface area contributed by atoms with Gasteiger partial charge in [0.1, 0.15) is 0 Å². The Labute approximate surface area is 120 Å². The minimum atomic E-state index is -3.35. The Morgan fingerprint density at radius 1 is 1.30 bits per heavy atom. The van der Waals surface area contributed by atoms with Gasteiger partial charge in [0.2, 0.25) is 10.0 Å². The fraction of sp³-hybridized carbons (Fsp3) is 0.714. The van der Waals surface area contributed by atoms with Gasteiger partial charge in [-0.1, -0.05) is 0 Å². The number of hydrogen-bond acceptors (Lipinski definition) is 3. The monoisotopic (exact) mass is 297 g/mol. The van der Waals surface area contributed by atoms with Crippen LogP contribution in [0.4, 0.5) is 0 Å². The third kappa shape index (κ3) is 3.42. The number of rotatable bonds is 8. The molecule has 0 spiro atoms. The third-order valence-corrected chi connectivity index (χ3v) is 5.41. The van der Waals surface area contributed by atoms with Crippen LogP contribution in [0.25, 0.3) is 0 Å². The maximum Gasteiger partial charge on any atom is 0.242 e. The Bertz CT molecular complexity index is 571. The van der Waals surface area contributed by atoms with Crippen molar-refractivity contribution in [1.29, 1.82) is 0 Å². The second-order valence-electron chi connectivity index (χ2n) is 5.90. The number of aromatic nitrogens is 1. The van der Waals surface area contributed by atoms with Crippen LogP contribution in [0.15, 0.2) is 17.2 Å². The molecule has 0 amide bonds. The largest absolute Gasteiger partial charge is 0.349 e. The topological polar surface area (TPSA) is 63.1 Å². The molecule has 1 heterocycles. The van der Waals surface area contributed by atoms with E-state index in [1.165, 1.54) is 12.8 Å². The van der Waals surface area contributed by atoms with Crippen molar-refractivity contribution in [3.8, 4) is 0 Å². The molecule has 20 heavy (non-hydrogen) atoms. The summed E-state index contributed by atoms with van der Waals surface area (Å²) in [6.45, 7) is 4.15. The van der Waals surface area contributed by atoms with Crippen molar-refractivity contribution in [3.63, 3.8) is 0 Å². The maximum atomic E-state index is 12.3.